The maximum absolute atomic E-state index is 9.35. The Labute approximate surface area is 107 Å². The summed E-state index contributed by atoms with van der Waals surface area (Å²) < 4.78 is 2.24. The first-order chi connectivity index (χ1) is 8.65. The summed E-state index contributed by atoms with van der Waals surface area (Å²) in [5, 5.41) is 10.5. The van der Waals surface area contributed by atoms with Crippen LogP contribution in [0.2, 0.25) is 0 Å². The minimum atomic E-state index is 0.837. The lowest BCUT2D eigenvalue weighted by molar-refractivity contribution is 0.353. The van der Waals surface area contributed by atoms with E-state index in [9.17, 15) is 5.26 Å². The molecule has 92 valence electrons. The van der Waals surface area contributed by atoms with Gasteiger partial charge in [0.1, 0.15) is 6.07 Å². The van der Waals surface area contributed by atoms with Crippen molar-refractivity contribution >= 4 is 10.9 Å². The van der Waals surface area contributed by atoms with Gasteiger partial charge in [0.25, 0.3) is 0 Å². The van der Waals surface area contributed by atoms with E-state index in [0.717, 1.165) is 36.3 Å². The van der Waals surface area contributed by atoms with Gasteiger partial charge in [0.05, 0.1) is 5.56 Å². The molecular weight excluding hydrogens is 222 g/mol. The number of fused-ring (bicyclic) bond motifs is 2. The van der Waals surface area contributed by atoms with E-state index in [0.29, 0.717) is 0 Å². The molecule has 0 bridgehead atoms. The number of hydrogen-bond acceptors (Lipinski definition) is 2. The van der Waals surface area contributed by atoms with Gasteiger partial charge >= 0.3 is 0 Å². The standard InChI is InChI=1S/C15H17N3/c1-4-18-10(2)14(7-16)13-5-11-8-17(3)9-12(11)6-15(13)18/h5-6H,4,8-9H2,1-3H3. The fraction of sp³-hybridized carbons (Fsp3) is 0.400. The van der Waals surface area contributed by atoms with Crippen molar-refractivity contribution in [1.82, 2.24) is 9.47 Å². The number of nitrogens with zero attached hydrogens (tertiary/aromatic N) is 3. The van der Waals surface area contributed by atoms with E-state index in [1.165, 1.54) is 16.6 Å². The smallest absolute Gasteiger partial charge is 0.102 e. The van der Waals surface area contributed by atoms with Crippen molar-refractivity contribution in [3.63, 3.8) is 0 Å². The van der Waals surface area contributed by atoms with E-state index in [1.807, 2.05) is 6.92 Å². The van der Waals surface area contributed by atoms with E-state index >= 15 is 0 Å². The van der Waals surface area contributed by atoms with Gasteiger partial charge in [0, 0.05) is 36.2 Å². The average Bonchev–Trinajstić information content (AvgIpc) is 2.81. The van der Waals surface area contributed by atoms with Crippen LogP contribution in [0.25, 0.3) is 10.9 Å². The molecule has 18 heavy (non-hydrogen) atoms. The molecule has 0 fully saturated rings. The molecule has 0 unspecified atom stereocenters. The van der Waals surface area contributed by atoms with Crippen LogP contribution in [0.3, 0.4) is 0 Å². The minimum absolute atomic E-state index is 0.837. The molecule has 0 atom stereocenters. The Morgan fingerprint density at radius 1 is 1.28 bits per heavy atom. The number of hydrogen-bond donors (Lipinski definition) is 0. The van der Waals surface area contributed by atoms with Crippen LogP contribution in [0.15, 0.2) is 12.1 Å². The molecule has 0 amide bonds. The Hall–Kier alpha value is -1.79. The van der Waals surface area contributed by atoms with Gasteiger partial charge in [0.15, 0.2) is 0 Å². The average molecular weight is 239 g/mol. The van der Waals surface area contributed by atoms with Crippen LogP contribution < -0.4 is 0 Å². The lowest BCUT2D eigenvalue weighted by atomic mass is 10.1. The third-order valence-corrected chi connectivity index (χ3v) is 3.95. The largest absolute Gasteiger partial charge is 0.344 e. The van der Waals surface area contributed by atoms with E-state index in [-0.39, 0.29) is 0 Å². The molecule has 1 aromatic carbocycles. The molecule has 1 aliphatic heterocycles. The quantitative estimate of drug-likeness (QED) is 0.766. The maximum atomic E-state index is 9.35. The molecule has 3 heteroatoms. The summed E-state index contributed by atoms with van der Waals surface area (Å²) in [6.45, 7) is 7.10. The van der Waals surface area contributed by atoms with Crippen LogP contribution in [0.1, 0.15) is 29.3 Å². The molecule has 0 saturated carbocycles. The Morgan fingerprint density at radius 2 is 1.94 bits per heavy atom. The Morgan fingerprint density at radius 3 is 2.56 bits per heavy atom. The molecule has 0 aliphatic carbocycles. The predicted molar refractivity (Wildman–Crippen MR) is 72.2 cm³/mol. The van der Waals surface area contributed by atoms with Gasteiger partial charge in [-0.25, -0.2) is 0 Å². The molecule has 0 radical (unpaired) electrons. The van der Waals surface area contributed by atoms with Gasteiger partial charge in [-0.1, -0.05) is 0 Å². The molecule has 3 rings (SSSR count). The summed E-state index contributed by atoms with van der Waals surface area (Å²) in [7, 11) is 2.13. The van der Waals surface area contributed by atoms with Gasteiger partial charge in [-0.05, 0) is 44.2 Å². The van der Waals surface area contributed by atoms with Crippen LogP contribution in [0.4, 0.5) is 0 Å². The highest BCUT2D eigenvalue weighted by Crippen LogP contribution is 2.31. The first kappa shape index (κ1) is 11.3. The van der Waals surface area contributed by atoms with Crippen molar-refractivity contribution in [3.8, 4) is 6.07 Å². The summed E-state index contributed by atoms with van der Waals surface area (Å²) in [6, 6.07) is 6.84. The summed E-state index contributed by atoms with van der Waals surface area (Å²) in [5.41, 5.74) is 5.91. The first-order valence-electron chi connectivity index (χ1n) is 6.39. The lowest BCUT2D eigenvalue weighted by Gasteiger charge is -2.05. The molecule has 2 aromatic rings. The SMILES string of the molecule is CCn1c(C)c(C#N)c2cc3c(cc21)CN(C)C3. The fourth-order valence-electron chi connectivity index (χ4n) is 3.09. The van der Waals surface area contributed by atoms with Crippen LogP contribution in [0.5, 0.6) is 0 Å². The molecule has 1 aromatic heterocycles. The normalized spacial score (nSPS) is 15.0. The second-order valence-electron chi connectivity index (χ2n) is 5.13. The molecule has 0 saturated heterocycles. The van der Waals surface area contributed by atoms with Crippen molar-refractivity contribution in [2.75, 3.05) is 7.05 Å². The van der Waals surface area contributed by atoms with E-state index in [1.54, 1.807) is 0 Å². The van der Waals surface area contributed by atoms with Gasteiger partial charge in [0.2, 0.25) is 0 Å². The van der Waals surface area contributed by atoms with E-state index < -0.39 is 0 Å². The fourth-order valence-corrected chi connectivity index (χ4v) is 3.09. The minimum Gasteiger partial charge on any atom is -0.344 e. The Kier molecular flexibility index (Phi) is 2.42. The van der Waals surface area contributed by atoms with Gasteiger partial charge in [-0.15, -0.1) is 0 Å². The predicted octanol–water partition coefficient (Wildman–Crippen LogP) is 2.79. The van der Waals surface area contributed by atoms with Gasteiger partial charge in [-0.3, -0.25) is 4.90 Å². The monoisotopic (exact) mass is 239 g/mol. The number of aryl methyl sites for hydroxylation is 1. The van der Waals surface area contributed by atoms with Crippen molar-refractivity contribution in [2.45, 2.75) is 33.5 Å². The molecular formula is C15H17N3. The van der Waals surface area contributed by atoms with Crippen LogP contribution >= 0.6 is 0 Å². The Bertz CT molecular complexity index is 673. The zero-order chi connectivity index (χ0) is 12.9. The number of aromatic nitrogens is 1. The van der Waals surface area contributed by atoms with Gasteiger partial charge in [-0.2, -0.15) is 5.26 Å². The number of benzene rings is 1. The van der Waals surface area contributed by atoms with Crippen LogP contribution in [0, 0.1) is 18.3 Å². The lowest BCUT2D eigenvalue weighted by Crippen LogP contribution is -2.07. The van der Waals surface area contributed by atoms with E-state index in [2.05, 4.69) is 41.6 Å². The number of rotatable bonds is 1. The summed E-state index contributed by atoms with van der Waals surface area (Å²) in [5.74, 6) is 0. The van der Waals surface area contributed by atoms with Crippen LogP contribution in [-0.2, 0) is 19.6 Å². The molecule has 2 heterocycles. The molecule has 0 N–H and O–H groups in total. The first-order valence-corrected chi connectivity index (χ1v) is 6.39. The molecule has 3 nitrogen and oxygen atoms in total. The second-order valence-corrected chi connectivity index (χ2v) is 5.13. The maximum Gasteiger partial charge on any atom is 0.102 e. The van der Waals surface area contributed by atoms with Crippen molar-refractivity contribution in [2.24, 2.45) is 0 Å². The van der Waals surface area contributed by atoms with Crippen molar-refractivity contribution < 1.29 is 0 Å². The third-order valence-electron chi connectivity index (χ3n) is 3.95. The van der Waals surface area contributed by atoms with Gasteiger partial charge < -0.3 is 4.57 Å². The van der Waals surface area contributed by atoms with Crippen molar-refractivity contribution in [3.05, 3.63) is 34.5 Å². The second kappa shape index (κ2) is 3.86. The number of nitriles is 1. The highest BCUT2D eigenvalue weighted by Gasteiger charge is 2.20. The third kappa shape index (κ3) is 1.39. The topological polar surface area (TPSA) is 32.0 Å². The van der Waals surface area contributed by atoms with Crippen molar-refractivity contribution in [1.29, 1.82) is 5.26 Å². The molecule has 1 aliphatic rings. The highest BCUT2D eigenvalue weighted by molar-refractivity contribution is 5.89. The zero-order valence-corrected chi connectivity index (χ0v) is 11.1. The van der Waals surface area contributed by atoms with Crippen LogP contribution in [-0.4, -0.2) is 16.5 Å². The van der Waals surface area contributed by atoms with E-state index in [4.69, 9.17) is 0 Å². The summed E-state index contributed by atoms with van der Waals surface area (Å²) in [4.78, 5) is 2.30. The highest BCUT2D eigenvalue weighted by atomic mass is 15.1. The Balaban J connectivity index is 2.35. The summed E-state index contributed by atoms with van der Waals surface area (Å²) in [6.07, 6.45) is 0. The summed E-state index contributed by atoms with van der Waals surface area (Å²) >= 11 is 0. The molecule has 0 spiro atoms. The zero-order valence-electron chi connectivity index (χ0n) is 11.1.